The van der Waals surface area contributed by atoms with Gasteiger partial charge < -0.3 is 5.32 Å². The Morgan fingerprint density at radius 1 is 1.26 bits per heavy atom. The maximum Gasteiger partial charge on any atom is 0.161 e. The molecule has 1 saturated carbocycles. The standard InChI is InChI=1S/C15H17N3S/c16-10-7-12-3-5-13(6-4-12)17-14-18-15(11-19-14)8-1-2-9-15/h3-6H,1-2,7-9,11H2,(H,17,18). The van der Waals surface area contributed by atoms with Crippen molar-refractivity contribution in [2.24, 2.45) is 4.99 Å². The molecule has 0 aromatic heterocycles. The largest absolute Gasteiger partial charge is 0.335 e. The summed E-state index contributed by atoms with van der Waals surface area (Å²) >= 11 is 1.83. The van der Waals surface area contributed by atoms with Gasteiger partial charge in [0.2, 0.25) is 0 Å². The lowest BCUT2D eigenvalue weighted by molar-refractivity contribution is 0.508. The normalized spacial score (nSPS) is 20.3. The number of nitrogens with zero attached hydrogens (tertiary/aromatic N) is 2. The summed E-state index contributed by atoms with van der Waals surface area (Å²) in [6.07, 6.45) is 5.60. The van der Waals surface area contributed by atoms with Crippen LogP contribution in [0, 0.1) is 11.3 Å². The molecule has 1 aromatic rings. The van der Waals surface area contributed by atoms with Gasteiger partial charge in [0.15, 0.2) is 5.17 Å². The smallest absolute Gasteiger partial charge is 0.161 e. The van der Waals surface area contributed by atoms with Crippen LogP contribution in [-0.4, -0.2) is 16.5 Å². The van der Waals surface area contributed by atoms with Crippen molar-refractivity contribution in [1.82, 2.24) is 0 Å². The number of nitrogens with one attached hydrogen (secondary N) is 1. The quantitative estimate of drug-likeness (QED) is 0.894. The van der Waals surface area contributed by atoms with Gasteiger partial charge in [0.25, 0.3) is 0 Å². The van der Waals surface area contributed by atoms with Crippen LogP contribution in [0.25, 0.3) is 0 Å². The van der Waals surface area contributed by atoms with Crippen molar-refractivity contribution in [3.8, 4) is 6.07 Å². The number of benzene rings is 1. The van der Waals surface area contributed by atoms with Crippen molar-refractivity contribution in [2.75, 3.05) is 11.1 Å². The Hall–Kier alpha value is -1.47. The molecule has 3 rings (SSSR count). The van der Waals surface area contributed by atoms with Gasteiger partial charge in [0.1, 0.15) is 0 Å². The molecular weight excluding hydrogens is 254 g/mol. The highest BCUT2D eigenvalue weighted by molar-refractivity contribution is 8.14. The Labute approximate surface area is 118 Å². The van der Waals surface area contributed by atoms with Crippen molar-refractivity contribution in [2.45, 2.75) is 37.6 Å². The van der Waals surface area contributed by atoms with Crippen molar-refractivity contribution >= 4 is 22.6 Å². The number of thioether (sulfide) groups is 1. The second-order valence-corrected chi connectivity index (χ2v) is 6.26. The Bertz CT molecular complexity index is 521. The molecule has 98 valence electrons. The average molecular weight is 271 g/mol. The second-order valence-electron chi connectivity index (χ2n) is 5.29. The Kier molecular flexibility index (Phi) is 3.48. The lowest BCUT2D eigenvalue weighted by Crippen LogP contribution is -2.21. The Balaban J connectivity index is 1.67. The monoisotopic (exact) mass is 271 g/mol. The molecule has 1 N–H and O–H groups in total. The fourth-order valence-electron chi connectivity index (χ4n) is 2.76. The minimum atomic E-state index is 0.230. The third kappa shape index (κ3) is 2.76. The van der Waals surface area contributed by atoms with E-state index in [1.807, 2.05) is 36.0 Å². The van der Waals surface area contributed by atoms with Crippen molar-refractivity contribution in [3.05, 3.63) is 29.8 Å². The molecule has 1 heterocycles. The van der Waals surface area contributed by atoms with Crippen molar-refractivity contribution in [3.63, 3.8) is 0 Å². The molecule has 19 heavy (non-hydrogen) atoms. The Morgan fingerprint density at radius 2 is 2.00 bits per heavy atom. The summed E-state index contributed by atoms with van der Waals surface area (Å²) in [7, 11) is 0. The van der Waals surface area contributed by atoms with Crippen LogP contribution in [0.1, 0.15) is 31.2 Å². The third-order valence-electron chi connectivity index (χ3n) is 3.84. The molecule has 4 heteroatoms. The molecule has 0 saturated heterocycles. The number of rotatable bonds is 2. The molecule has 3 nitrogen and oxygen atoms in total. The zero-order valence-corrected chi connectivity index (χ0v) is 11.7. The fraction of sp³-hybridized carbons (Fsp3) is 0.467. The third-order valence-corrected chi connectivity index (χ3v) is 4.99. The summed E-state index contributed by atoms with van der Waals surface area (Å²) < 4.78 is 0. The highest BCUT2D eigenvalue weighted by atomic mass is 32.2. The molecule has 1 aliphatic heterocycles. The van der Waals surface area contributed by atoms with E-state index < -0.39 is 0 Å². The predicted octanol–water partition coefficient (Wildman–Crippen LogP) is 3.58. The van der Waals surface area contributed by atoms with E-state index in [0.717, 1.165) is 22.2 Å². The van der Waals surface area contributed by atoms with E-state index in [1.54, 1.807) is 0 Å². The first-order valence-electron chi connectivity index (χ1n) is 6.75. The lowest BCUT2D eigenvalue weighted by atomic mass is 10.0. The molecule has 1 aliphatic carbocycles. The fourth-order valence-corrected chi connectivity index (χ4v) is 3.96. The van der Waals surface area contributed by atoms with Gasteiger partial charge in [-0.3, -0.25) is 4.99 Å². The summed E-state index contributed by atoms with van der Waals surface area (Å²) in [4.78, 5) is 4.89. The minimum Gasteiger partial charge on any atom is -0.335 e. The molecule has 1 fully saturated rings. The van der Waals surface area contributed by atoms with Crippen molar-refractivity contribution in [1.29, 1.82) is 5.26 Å². The van der Waals surface area contributed by atoms with Crippen LogP contribution in [0.4, 0.5) is 5.69 Å². The molecule has 1 aromatic carbocycles. The molecule has 2 aliphatic rings. The van der Waals surface area contributed by atoms with Gasteiger partial charge in [0.05, 0.1) is 18.0 Å². The average Bonchev–Trinajstić information content (AvgIpc) is 3.03. The van der Waals surface area contributed by atoms with Crippen LogP contribution in [0.3, 0.4) is 0 Å². The van der Waals surface area contributed by atoms with Gasteiger partial charge in [0, 0.05) is 11.4 Å². The van der Waals surface area contributed by atoms with Gasteiger partial charge in [-0.25, -0.2) is 0 Å². The minimum absolute atomic E-state index is 0.230. The van der Waals surface area contributed by atoms with Gasteiger partial charge in [-0.1, -0.05) is 36.7 Å². The molecule has 0 radical (unpaired) electrons. The summed E-state index contributed by atoms with van der Waals surface area (Å²) in [5.74, 6) is 1.13. The number of hydrogen-bond acceptors (Lipinski definition) is 4. The topological polar surface area (TPSA) is 48.2 Å². The Morgan fingerprint density at radius 3 is 2.68 bits per heavy atom. The van der Waals surface area contributed by atoms with E-state index in [2.05, 4.69) is 11.4 Å². The van der Waals surface area contributed by atoms with E-state index in [-0.39, 0.29) is 5.54 Å². The number of amidine groups is 1. The van der Waals surface area contributed by atoms with E-state index in [1.165, 1.54) is 25.7 Å². The van der Waals surface area contributed by atoms with Gasteiger partial charge in [-0.05, 0) is 30.5 Å². The molecule has 0 bridgehead atoms. The SMILES string of the molecule is N#CCc1ccc(NC2=NC3(CCCC3)CS2)cc1. The number of hydrogen-bond donors (Lipinski definition) is 1. The maximum atomic E-state index is 8.65. The number of nitriles is 1. The van der Waals surface area contributed by atoms with Crippen LogP contribution < -0.4 is 5.32 Å². The number of aliphatic imine (C=N–C) groups is 1. The van der Waals surface area contributed by atoms with Crippen LogP contribution in [0.15, 0.2) is 29.3 Å². The first kappa shape index (κ1) is 12.6. The molecule has 1 spiro atoms. The molecule has 0 amide bonds. The predicted molar refractivity (Wildman–Crippen MR) is 80.5 cm³/mol. The highest BCUT2D eigenvalue weighted by Gasteiger charge is 2.38. The van der Waals surface area contributed by atoms with E-state index in [9.17, 15) is 0 Å². The second kappa shape index (κ2) is 5.26. The van der Waals surface area contributed by atoms with E-state index >= 15 is 0 Å². The van der Waals surface area contributed by atoms with Gasteiger partial charge >= 0.3 is 0 Å². The molecular formula is C15H17N3S. The van der Waals surface area contributed by atoms with Gasteiger partial charge in [-0.2, -0.15) is 5.26 Å². The van der Waals surface area contributed by atoms with Crippen molar-refractivity contribution < 1.29 is 0 Å². The van der Waals surface area contributed by atoms with Crippen LogP contribution in [0.2, 0.25) is 0 Å². The summed E-state index contributed by atoms with van der Waals surface area (Å²) in [6, 6.07) is 10.2. The summed E-state index contributed by atoms with van der Waals surface area (Å²) in [6.45, 7) is 0. The van der Waals surface area contributed by atoms with Crippen LogP contribution >= 0.6 is 11.8 Å². The molecule has 0 unspecified atom stereocenters. The van der Waals surface area contributed by atoms with Crippen LogP contribution in [-0.2, 0) is 6.42 Å². The van der Waals surface area contributed by atoms with E-state index in [4.69, 9.17) is 10.3 Å². The first-order valence-corrected chi connectivity index (χ1v) is 7.74. The van der Waals surface area contributed by atoms with E-state index in [0.29, 0.717) is 6.42 Å². The zero-order chi connectivity index (χ0) is 13.1. The van der Waals surface area contributed by atoms with Gasteiger partial charge in [-0.15, -0.1) is 0 Å². The lowest BCUT2D eigenvalue weighted by Gasteiger charge is -2.16. The maximum absolute atomic E-state index is 8.65. The number of anilines is 1. The summed E-state index contributed by atoms with van der Waals surface area (Å²) in [5, 5.41) is 13.1. The summed E-state index contributed by atoms with van der Waals surface area (Å²) in [5.41, 5.74) is 2.35. The molecule has 0 atom stereocenters. The van der Waals surface area contributed by atoms with Crippen LogP contribution in [0.5, 0.6) is 0 Å². The zero-order valence-electron chi connectivity index (χ0n) is 10.9. The highest BCUT2D eigenvalue weighted by Crippen LogP contribution is 2.41. The first-order chi connectivity index (χ1) is 9.30.